The molecule has 0 saturated carbocycles. The first-order valence-corrected chi connectivity index (χ1v) is 10.7. The number of halogens is 2. The first kappa shape index (κ1) is 16.0. The van der Waals surface area contributed by atoms with Crippen LogP contribution < -0.4 is 0 Å². The van der Waals surface area contributed by atoms with Gasteiger partial charge >= 0.3 is 0 Å². The van der Waals surface area contributed by atoms with Crippen LogP contribution in [0.3, 0.4) is 0 Å². The van der Waals surface area contributed by atoms with E-state index < -0.39 is 8.80 Å². The molecule has 0 aromatic carbocycles. The van der Waals surface area contributed by atoms with Crippen molar-refractivity contribution in [3.05, 3.63) is 27.5 Å². The van der Waals surface area contributed by atoms with Gasteiger partial charge in [-0.2, -0.15) is 0 Å². The molecule has 0 spiro atoms. The minimum atomic E-state index is -0.742. The standard InChI is InChI=1S/C14H19BrClNO2Si/c1-14(2,20(3)4)8-18-7-9-5-11-13(19-9)10(15)6-12(16)17-11/h5-6,20H,7-8H2,1-4H3. The molecular formula is C14H19BrClNO2Si. The second-order valence-corrected chi connectivity index (χ2v) is 11.1. The average molecular weight is 377 g/mol. The zero-order chi connectivity index (χ0) is 14.9. The van der Waals surface area contributed by atoms with Gasteiger partial charge in [0.1, 0.15) is 23.0 Å². The molecule has 2 heterocycles. The molecule has 0 bridgehead atoms. The van der Waals surface area contributed by atoms with Crippen molar-refractivity contribution in [3.8, 4) is 0 Å². The molecule has 110 valence electrons. The van der Waals surface area contributed by atoms with Gasteiger partial charge in [-0.3, -0.25) is 0 Å². The number of pyridine rings is 1. The van der Waals surface area contributed by atoms with Crippen LogP contribution in [-0.2, 0) is 11.3 Å². The summed E-state index contributed by atoms with van der Waals surface area (Å²) in [4.78, 5) is 4.24. The van der Waals surface area contributed by atoms with Gasteiger partial charge in [-0.1, -0.05) is 38.5 Å². The summed E-state index contributed by atoms with van der Waals surface area (Å²) in [5.74, 6) is 0.775. The molecule has 0 saturated heterocycles. The highest BCUT2D eigenvalue weighted by Crippen LogP contribution is 2.31. The number of ether oxygens (including phenoxy) is 1. The lowest BCUT2D eigenvalue weighted by atomic mass is 10.2. The van der Waals surface area contributed by atoms with E-state index in [4.69, 9.17) is 20.8 Å². The maximum Gasteiger partial charge on any atom is 0.167 e. The first-order chi connectivity index (χ1) is 9.29. The van der Waals surface area contributed by atoms with Crippen molar-refractivity contribution >= 4 is 47.4 Å². The van der Waals surface area contributed by atoms with Gasteiger partial charge in [-0.25, -0.2) is 4.98 Å². The number of rotatable bonds is 5. The number of nitrogens with zero attached hydrogens (tertiary/aromatic N) is 1. The van der Waals surface area contributed by atoms with Gasteiger partial charge in [0.2, 0.25) is 0 Å². The Bertz CT molecular complexity index is 612. The van der Waals surface area contributed by atoms with Gasteiger partial charge in [0.05, 0.1) is 4.47 Å². The van der Waals surface area contributed by atoms with E-state index in [2.05, 4.69) is 47.9 Å². The zero-order valence-corrected chi connectivity index (χ0v) is 15.7. The predicted molar refractivity (Wildman–Crippen MR) is 89.3 cm³/mol. The zero-order valence-electron chi connectivity index (χ0n) is 12.2. The fraction of sp³-hybridized carbons (Fsp3) is 0.500. The average Bonchev–Trinajstić information content (AvgIpc) is 2.71. The summed E-state index contributed by atoms with van der Waals surface area (Å²) >= 11 is 9.35. The number of hydrogen-bond donors (Lipinski definition) is 0. The Labute approximate surface area is 134 Å². The normalized spacial score (nSPS) is 12.6. The lowest BCUT2D eigenvalue weighted by molar-refractivity contribution is 0.0889. The SMILES string of the molecule is C[SiH](C)C(C)(C)COCc1cc2nc(Cl)cc(Br)c2o1. The molecule has 2 rings (SSSR count). The van der Waals surface area contributed by atoms with E-state index >= 15 is 0 Å². The summed E-state index contributed by atoms with van der Waals surface area (Å²) in [7, 11) is -0.742. The number of hydrogen-bond acceptors (Lipinski definition) is 3. The van der Waals surface area contributed by atoms with Crippen LogP contribution in [-0.4, -0.2) is 20.4 Å². The van der Waals surface area contributed by atoms with Crippen LogP contribution in [0.15, 0.2) is 21.0 Å². The molecule has 0 amide bonds. The fourth-order valence-corrected chi connectivity index (χ4v) is 2.94. The van der Waals surface area contributed by atoms with Crippen LogP contribution in [0.25, 0.3) is 11.1 Å². The summed E-state index contributed by atoms with van der Waals surface area (Å²) in [6.45, 7) is 10.4. The summed E-state index contributed by atoms with van der Waals surface area (Å²) in [6.07, 6.45) is 0. The molecule has 6 heteroatoms. The van der Waals surface area contributed by atoms with Crippen molar-refractivity contribution < 1.29 is 9.15 Å². The summed E-state index contributed by atoms with van der Waals surface area (Å²) < 4.78 is 12.4. The van der Waals surface area contributed by atoms with Crippen molar-refractivity contribution in [3.63, 3.8) is 0 Å². The van der Waals surface area contributed by atoms with Gasteiger partial charge < -0.3 is 9.15 Å². The van der Waals surface area contributed by atoms with Gasteiger partial charge in [0, 0.05) is 21.5 Å². The van der Waals surface area contributed by atoms with Crippen molar-refractivity contribution in [2.45, 2.75) is 38.6 Å². The molecule has 0 radical (unpaired) electrons. The summed E-state index contributed by atoms with van der Waals surface area (Å²) in [6, 6.07) is 3.61. The smallest absolute Gasteiger partial charge is 0.167 e. The van der Waals surface area contributed by atoms with Crippen molar-refractivity contribution in [1.82, 2.24) is 4.98 Å². The van der Waals surface area contributed by atoms with Crippen LogP contribution in [0, 0.1) is 0 Å². The van der Waals surface area contributed by atoms with Crippen LogP contribution in [0.1, 0.15) is 19.6 Å². The molecule has 0 aliphatic carbocycles. The highest BCUT2D eigenvalue weighted by Gasteiger charge is 2.23. The third-order valence-corrected chi connectivity index (χ3v) is 7.81. The predicted octanol–water partition coefficient (Wildman–Crippen LogP) is 5.03. The van der Waals surface area contributed by atoms with E-state index in [1.807, 2.05) is 6.07 Å². The number of fused-ring (bicyclic) bond motifs is 1. The maximum absolute atomic E-state index is 5.92. The van der Waals surface area contributed by atoms with E-state index in [0.29, 0.717) is 17.3 Å². The number of furan rings is 1. The molecule has 0 unspecified atom stereocenters. The molecule has 0 atom stereocenters. The van der Waals surface area contributed by atoms with Crippen molar-refractivity contribution in [2.24, 2.45) is 0 Å². The van der Waals surface area contributed by atoms with Gasteiger partial charge in [-0.05, 0) is 27.0 Å². The minimum Gasteiger partial charge on any atom is -0.456 e. The van der Waals surface area contributed by atoms with E-state index in [1.54, 1.807) is 6.07 Å². The lowest BCUT2D eigenvalue weighted by Crippen LogP contribution is -2.26. The maximum atomic E-state index is 5.92. The molecule has 0 aliphatic rings. The second-order valence-electron chi connectivity index (χ2n) is 5.99. The van der Waals surface area contributed by atoms with Crippen LogP contribution in [0.4, 0.5) is 0 Å². The van der Waals surface area contributed by atoms with E-state index in [0.717, 1.165) is 22.4 Å². The molecule has 3 nitrogen and oxygen atoms in total. The Morgan fingerprint density at radius 1 is 1.40 bits per heavy atom. The van der Waals surface area contributed by atoms with E-state index in [1.165, 1.54) is 0 Å². The first-order valence-electron chi connectivity index (χ1n) is 6.62. The fourth-order valence-electron chi connectivity index (χ4n) is 1.65. The van der Waals surface area contributed by atoms with Gasteiger partial charge in [0.15, 0.2) is 5.58 Å². The second kappa shape index (κ2) is 6.18. The Hall–Kier alpha value is -0.363. The Balaban J connectivity index is 2.06. The topological polar surface area (TPSA) is 35.3 Å². The summed E-state index contributed by atoms with van der Waals surface area (Å²) in [5, 5.41) is 0.735. The lowest BCUT2D eigenvalue weighted by Gasteiger charge is -2.27. The molecule has 0 N–H and O–H groups in total. The Morgan fingerprint density at radius 3 is 2.75 bits per heavy atom. The van der Waals surface area contributed by atoms with Crippen LogP contribution >= 0.6 is 27.5 Å². The van der Waals surface area contributed by atoms with Gasteiger partial charge in [0.25, 0.3) is 0 Å². The van der Waals surface area contributed by atoms with Crippen molar-refractivity contribution in [2.75, 3.05) is 6.61 Å². The molecule has 0 aliphatic heterocycles. The number of aromatic nitrogens is 1. The third-order valence-electron chi connectivity index (χ3n) is 3.73. The molecular weight excluding hydrogens is 358 g/mol. The third kappa shape index (κ3) is 3.64. The van der Waals surface area contributed by atoms with Crippen LogP contribution in [0.5, 0.6) is 0 Å². The summed E-state index contributed by atoms with van der Waals surface area (Å²) in [5.41, 5.74) is 1.46. The molecule has 0 fully saturated rings. The highest BCUT2D eigenvalue weighted by molar-refractivity contribution is 9.10. The van der Waals surface area contributed by atoms with E-state index in [-0.39, 0.29) is 5.04 Å². The Morgan fingerprint density at radius 2 is 2.10 bits per heavy atom. The molecule has 2 aromatic rings. The molecule has 20 heavy (non-hydrogen) atoms. The monoisotopic (exact) mass is 375 g/mol. The Kier molecular flexibility index (Phi) is 4.95. The minimum absolute atomic E-state index is 0.286. The largest absolute Gasteiger partial charge is 0.456 e. The quantitative estimate of drug-likeness (QED) is 0.542. The van der Waals surface area contributed by atoms with Gasteiger partial charge in [-0.15, -0.1) is 0 Å². The molecule has 2 aromatic heterocycles. The van der Waals surface area contributed by atoms with E-state index in [9.17, 15) is 0 Å². The van der Waals surface area contributed by atoms with Crippen LogP contribution in [0.2, 0.25) is 23.3 Å². The highest BCUT2D eigenvalue weighted by atomic mass is 79.9. The van der Waals surface area contributed by atoms with Crippen molar-refractivity contribution in [1.29, 1.82) is 0 Å².